The molecule has 16 heavy (non-hydrogen) atoms. The molecule has 0 spiro atoms. The SMILES string of the molecule is C=CCCCCCCCC(=[N+]=[N-])[Si](C)(C)C. The molecule has 0 aliphatic carbocycles. The highest BCUT2D eigenvalue weighted by Crippen LogP contribution is 2.11. The molecule has 0 aliphatic heterocycles. The zero-order chi connectivity index (χ0) is 12.4. The summed E-state index contributed by atoms with van der Waals surface area (Å²) < 4.78 is 0. The predicted octanol–water partition coefficient (Wildman–Crippen LogP) is 4.45. The van der Waals surface area contributed by atoms with Crippen molar-refractivity contribution in [2.45, 2.75) is 64.6 Å². The second kappa shape index (κ2) is 8.48. The monoisotopic (exact) mass is 238 g/mol. The molecule has 0 unspecified atom stereocenters. The molecule has 0 rings (SSSR count). The van der Waals surface area contributed by atoms with Crippen molar-refractivity contribution >= 4 is 13.4 Å². The number of rotatable bonds is 9. The molecule has 0 saturated heterocycles. The van der Waals surface area contributed by atoms with Gasteiger partial charge in [0.15, 0.2) is 8.07 Å². The standard InChI is InChI=1S/C13H26N2Si/c1-5-6-7-8-9-10-11-12-13(15-14)16(2,3)4/h5H,1,6-12H2,2-4H3. The van der Waals surface area contributed by atoms with Crippen LogP contribution in [0.25, 0.3) is 5.53 Å². The maximum absolute atomic E-state index is 8.95. The third kappa shape index (κ3) is 7.61. The van der Waals surface area contributed by atoms with Crippen LogP contribution < -0.4 is 0 Å². The third-order valence-corrected chi connectivity index (χ3v) is 4.89. The molecule has 0 saturated carbocycles. The van der Waals surface area contributed by atoms with Crippen LogP contribution in [0.1, 0.15) is 44.9 Å². The predicted molar refractivity (Wildman–Crippen MR) is 74.5 cm³/mol. The lowest BCUT2D eigenvalue weighted by Gasteiger charge is -2.09. The van der Waals surface area contributed by atoms with E-state index in [0.29, 0.717) is 0 Å². The lowest BCUT2D eigenvalue weighted by atomic mass is 10.1. The molecule has 0 N–H and O–H groups in total. The average Bonchev–Trinajstić information content (AvgIpc) is 2.20. The van der Waals surface area contributed by atoms with Crippen molar-refractivity contribution < 1.29 is 4.79 Å². The molecule has 0 fully saturated rings. The highest BCUT2D eigenvalue weighted by molar-refractivity contribution is 7.03. The summed E-state index contributed by atoms with van der Waals surface area (Å²) in [4.78, 5) is 3.47. The summed E-state index contributed by atoms with van der Waals surface area (Å²) in [5, 5.41) is 1.05. The first-order valence-corrected chi connectivity index (χ1v) is 9.84. The van der Waals surface area contributed by atoms with Gasteiger partial charge in [-0.1, -0.05) is 45.0 Å². The molecule has 0 amide bonds. The number of unbranched alkanes of at least 4 members (excludes halogenated alkanes) is 5. The van der Waals surface area contributed by atoms with Crippen LogP contribution in [-0.4, -0.2) is 18.2 Å². The normalized spacial score (nSPS) is 10.9. The van der Waals surface area contributed by atoms with Crippen molar-refractivity contribution in [1.82, 2.24) is 0 Å². The molecule has 0 aliphatic rings. The first kappa shape index (κ1) is 15.3. The number of allylic oxidation sites excluding steroid dienone is 1. The van der Waals surface area contributed by atoms with Gasteiger partial charge in [-0.05, 0) is 19.3 Å². The van der Waals surface area contributed by atoms with E-state index < -0.39 is 8.07 Å². The first-order valence-electron chi connectivity index (χ1n) is 6.34. The summed E-state index contributed by atoms with van der Waals surface area (Å²) in [6, 6.07) is 0. The Bertz CT molecular complexity index is 247. The van der Waals surface area contributed by atoms with Crippen molar-refractivity contribution in [2.24, 2.45) is 0 Å². The first-order chi connectivity index (χ1) is 7.52. The second-order valence-corrected chi connectivity index (χ2v) is 10.5. The van der Waals surface area contributed by atoms with Crippen LogP contribution in [0, 0.1) is 0 Å². The zero-order valence-electron chi connectivity index (χ0n) is 11.1. The number of hydrogen-bond acceptors (Lipinski definition) is 0. The molecule has 2 nitrogen and oxygen atoms in total. The minimum Gasteiger partial charge on any atom is -0.362 e. The Balaban J connectivity index is 3.58. The Kier molecular flexibility index (Phi) is 8.13. The van der Waals surface area contributed by atoms with Gasteiger partial charge in [0.05, 0.1) is 0 Å². The minimum absolute atomic E-state index is 0.980. The molecule has 0 atom stereocenters. The molecule has 0 aromatic carbocycles. The van der Waals surface area contributed by atoms with Crippen LogP contribution in [-0.2, 0) is 0 Å². The van der Waals surface area contributed by atoms with Crippen LogP contribution in [0.5, 0.6) is 0 Å². The van der Waals surface area contributed by atoms with E-state index in [1.165, 1.54) is 25.7 Å². The molecular formula is C13H26N2Si. The molecule has 0 radical (unpaired) electrons. The fraction of sp³-hybridized carbons (Fsp3) is 0.769. The van der Waals surface area contributed by atoms with E-state index in [1.54, 1.807) is 0 Å². The Morgan fingerprint density at radius 1 is 1.12 bits per heavy atom. The van der Waals surface area contributed by atoms with Crippen LogP contribution in [0.2, 0.25) is 19.6 Å². The second-order valence-electron chi connectivity index (χ2n) is 5.39. The van der Waals surface area contributed by atoms with E-state index >= 15 is 0 Å². The lowest BCUT2D eigenvalue weighted by Crippen LogP contribution is -2.34. The number of nitrogens with zero attached hydrogens (tertiary/aromatic N) is 2. The summed E-state index contributed by atoms with van der Waals surface area (Å²) in [6.07, 6.45) is 10.4. The van der Waals surface area contributed by atoms with Gasteiger partial charge < -0.3 is 5.53 Å². The highest BCUT2D eigenvalue weighted by Gasteiger charge is 2.28. The Labute approximate surface area is 101 Å². The van der Waals surface area contributed by atoms with Crippen molar-refractivity contribution in [3.8, 4) is 0 Å². The summed E-state index contributed by atoms with van der Waals surface area (Å²) >= 11 is 0. The molecule has 3 heteroatoms. The maximum Gasteiger partial charge on any atom is 0.236 e. The Hall–Kier alpha value is -0.663. The molecule has 0 aromatic rings. The maximum atomic E-state index is 8.95. The van der Waals surface area contributed by atoms with Gasteiger partial charge in [0.1, 0.15) is 0 Å². The molecule has 0 bridgehead atoms. The summed E-state index contributed by atoms with van der Waals surface area (Å²) in [5.74, 6) is 0. The molecule has 0 heterocycles. The zero-order valence-corrected chi connectivity index (χ0v) is 12.1. The smallest absolute Gasteiger partial charge is 0.236 e. The summed E-state index contributed by atoms with van der Waals surface area (Å²) in [6.45, 7) is 10.4. The Morgan fingerprint density at radius 2 is 1.69 bits per heavy atom. The van der Waals surface area contributed by atoms with Crippen molar-refractivity contribution in [3.63, 3.8) is 0 Å². The van der Waals surface area contributed by atoms with E-state index in [2.05, 4.69) is 31.0 Å². The van der Waals surface area contributed by atoms with Crippen LogP contribution in [0.3, 0.4) is 0 Å². The van der Waals surface area contributed by atoms with Crippen LogP contribution >= 0.6 is 0 Å². The summed E-state index contributed by atoms with van der Waals surface area (Å²) in [5.41, 5.74) is 8.95. The quantitative estimate of drug-likeness (QED) is 0.142. The van der Waals surface area contributed by atoms with Gasteiger partial charge in [-0.15, -0.1) is 6.58 Å². The molecule has 92 valence electrons. The van der Waals surface area contributed by atoms with Gasteiger partial charge in [-0.3, -0.25) is 0 Å². The van der Waals surface area contributed by atoms with Crippen LogP contribution in [0.4, 0.5) is 0 Å². The van der Waals surface area contributed by atoms with Gasteiger partial charge in [-0.2, -0.15) is 4.79 Å². The molecule has 0 aromatic heterocycles. The largest absolute Gasteiger partial charge is 0.362 e. The van der Waals surface area contributed by atoms with Gasteiger partial charge >= 0.3 is 0 Å². The average molecular weight is 238 g/mol. The topological polar surface area (TPSA) is 36.4 Å². The van der Waals surface area contributed by atoms with Gasteiger partial charge in [0.2, 0.25) is 5.33 Å². The lowest BCUT2D eigenvalue weighted by molar-refractivity contribution is -0.00440. The van der Waals surface area contributed by atoms with E-state index in [1.807, 2.05) is 6.08 Å². The van der Waals surface area contributed by atoms with Gasteiger partial charge in [0, 0.05) is 6.42 Å². The highest BCUT2D eigenvalue weighted by atomic mass is 28.3. The van der Waals surface area contributed by atoms with Crippen molar-refractivity contribution in [2.75, 3.05) is 0 Å². The van der Waals surface area contributed by atoms with E-state index in [4.69, 9.17) is 5.53 Å². The van der Waals surface area contributed by atoms with Crippen molar-refractivity contribution in [3.05, 3.63) is 18.2 Å². The van der Waals surface area contributed by atoms with Crippen molar-refractivity contribution in [1.29, 1.82) is 0 Å². The fourth-order valence-electron chi connectivity index (χ4n) is 1.69. The van der Waals surface area contributed by atoms with Gasteiger partial charge in [0.25, 0.3) is 0 Å². The third-order valence-electron chi connectivity index (χ3n) is 2.81. The van der Waals surface area contributed by atoms with E-state index in [9.17, 15) is 0 Å². The Morgan fingerprint density at radius 3 is 2.19 bits per heavy atom. The minimum atomic E-state index is -1.38. The molecular weight excluding hydrogens is 212 g/mol. The number of hydrogen-bond donors (Lipinski definition) is 0. The van der Waals surface area contributed by atoms with Gasteiger partial charge in [-0.25, -0.2) is 0 Å². The van der Waals surface area contributed by atoms with E-state index in [-0.39, 0.29) is 0 Å². The fourth-order valence-corrected chi connectivity index (χ4v) is 2.91. The summed E-state index contributed by atoms with van der Waals surface area (Å²) in [7, 11) is -1.38. The van der Waals surface area contributed by atoms with E-state index in [0.717, 1.165) is 24.6 Å². The van der Waals surface area contributed by atoms with Crippen LogP contribution in [0.15, 0.2) is 12.7 Å².